The zero-order valence-corrected chi connectivity index (χ0v) is 17.1. The van der Waals surface area contributed by atoms with Crippen LogP contribution < -0.4 is 0 Å². The Labute approximate surface area is 178 Å². The number of carbonyl (C=O) groups excluding carboxylic acids is 3. The summed E-state index contributed by atoms with van der Waals surface area (Å²) in [5, 5.41) is 0.231. The Hall–Kier alpha value is -2.77. The second kappa shape index (κ2) is 8.16. The highest BCUT2D eigenvalue weighted by Gasteiger charge is 2.38. The molecule has 1 atom stereocenters. The van der Waals surface area contributed by atoms with Crippen LogP contribution in [0.15, 0.2) is 36.4 Å². The molecule has 3 amide bonds. The number of rotatable bonds is 5. The maximum absolute atomic E-state index is 14.0. The maximum Gasteiger partial charge on any atom is 0.261 e. The van der Waals surface area contributed by atoms with E-state index >= 15 is 0 Å². The maximum atomic E-state index is 14.0. The van der Waals surface area contributed by atoms with Crippen LogP contribution >= 0.6 is 11.6 Å². The largest absolute Gasteiger partial charge is 0.376 e. The first-order valence-corrected chi connectivity index (χ1v) is 10.0. The van der Waals surface area contributed by atoms with Gasteiger partial charge >= 0.3 is 0 Å². The highest BCUT2D eigenvalue weighted by Crippen LogP contribution is 2.27. The molecular weight excluding hydrogens is 411 g/mol. The Kier molecular flexibility index (Phi) is 5.58. The smallest absolute Gasteiger partial charge is 0.261 e. The molecule has 2 aromatic carbocycles. The van der Waals surface area contributed by atoms with Gasteiger partial charge in [0, 0.05) is 36.3 Å². The van der Waals surface area contributed by atoms with Crippen LogP contribution in [0.4, 0.5) is 4.39 Å². The summed E-state index contributed by atoms with van der Waals surface area (Å²) in [6.45, 7) is 0.811. The molecule has 2 aliphatic heterocycles. The van der Waals surface area contributed by atoms with Crippen molar-refractivity contribution in [3.05, 3.63) is 69.5 Å². The Morgan fingerprint density at radius 1 is 1.23 bits per heavy atom. The number of ether oxygens (including phenoxy) is 1. The summed E-state index contributed by atoms with van der Waals surface area (Å²) in [6, 6.07) is 8.74. The first kappa shape index (κ1) is 20.5. The SMILES string of the molecule is CN(Cc1c(F)cccc1Cl)C(=O)c1ccc2c(c1)C(=O)N(CC1CCCO1)C2=O. The zero-order valence-electron chi connectivity index (χ0n) is 16.4. The number of hydrogen-bond acceptors (Lipinski definition) is 4. The number of carbonyl (C=O) groups is 3. The van der Waals surface area contributed by atoms with Gasteiger partial charge in [0.1, 0.15) is 5.82 Å². The highest BCUT2D eigenvalue weighted by atomic mass is 35.5. The number of nitrogens with zero attached hydrogens (tertiary/aromatic N) is 2. The second-order valence-corrected chi connectivity index (χ2v) is 7.88. The molecule has 30 heavy (non-hydrogen) atoms. The molecule has 1 saturated heterocycles. The third-order valence-electron chi connectivity index (χ3n) is 5.43. The summed E-state index contributed by atoms with van der Waals surface area (Å²) in [7, 11) is 1.52. The summed E-state index contributed by atoms with van der Waals surface area (Å²) in [5.41, 5.74) is 0.921. The summed E-state index contributed by atoms with van der Waals surface area (Å²) in [6.07, 6.45) is 1.57. The van der Waals surface area contributed by atoms with Crippen LogP contribution in [0.1, 0.15) is 49.5 Å². The number of benzene rings is 2. The summed E-state index contributed by atoms with van der Waals surface area (Å²) in [4.78, 5) is 40.7. The monoisotopic (exact) mass is 430 g/mol. The van der Waals surface area contributed by atoms with Gasteiger partial charge in [-0.1, -0.05) is 17.7 Å². The fraction of sp³-hybridized carbons (Fsp3) is 0.318. The molecule has 0 bridgehead atoms. The lowest BCUT2D eigenvalue weighted by Gasteiger charge is -2.19. The van der Waals surface area contributed by atoms with Crippen LogP contribution in [0.2, 0.25) is 5.02 Å². The minimum absolute atomic E-state index is 0.0283. The molecule has 6 nitrogen and oxygen atoms in total. The molecular formula is C22H20ClFN2O4. The lowest BCUT2D eigenvalue weighted by molar-refractivity contribution is 0.0475. The van der Waals surface area contributed by atoms with Crippen molar-refractivity contribution in [3.63, 3.8) is 0 Å². The molecule has 1 unspecified atom stereocenters. The normalized spacial score (nSPS) is 18.1. The van der Waals surface area contributed by atoms with Crippen molar-refractivity contribution in [1.29, 1.82) is 0 Å². The van der Waals surface area contributed by atoms with E-state index in [9.17, 15) is 18.8 Å². The molecule has 2 aromatic rings. The van der Waals surface area contributed by atoms with E-state index in [0.717, 1.165) is 12.8 Å². The van der Waals surface area contributed by atoms with E-state index in [2.05, 4.69) is 0 Å². The number of hydrogen-bond donors (Lipinski definition) is 0. The lowest BCUT2D eigenvalue weighted by atomic mass is 10.0. The van der Waals surface area contributed by atoms with E-state index in [-0.39, 0.29) is 52.4 Å². The van der Waals surface area contributed by atoms with Gasteiger partial charge in [-0.05, 0) is 43.2 Å². The van der Waals surface area contributed by atoms with E-state index in [1.54, 1.807) is 6.07 Å². The van der Waals surface area contributed by atoms with Crippen LogP contribution in [0, 0.1) is 5.82 Å². The van der Waals surface area contributed by atoms with Crippen LogP contribution in [-0.4, -0.2) is 53.8 Å². The molecule has 0 aliphatic carbocycles. The predicted molar refractivity (Wildman–Crippen MR) is 108 cm³/mol. The molecule has 0 N–H and O–H groups in total. The third-order valence-corrected chi connectivity index (χ3v) is 5.79. The van der Waals surface area contributed by atoms with Gasteiger partial charge in [-0.25, -0.2) is 4.39 Å². The molecule has 0 aromatic heterocycles. The average Bonchev–Trinajstić information content (AvgIpc) is 3.33. The molecule has 4 rings (SSSR count). The Morgan fingerprint density at radius 3 is 2.70 bits per heavy atom. The molecule has 2 heterocycles. The van der Waals surface area contributed by atoms with Crippen molar-refractivity contribution in [2.45, 2.75) is 25.5 Å². The lowest BCUT2D eigenvalue weighted by Crippen LogP contribution is -2.36. The van der Waals surface area contributed by atoms with Gasteiger partial charge in [0.25, 0.3) is 17.7 Å². The van der Waals surface area contributed by atoms with E-state index < -0.39 is 17.6 Å². The van der Waals surface area contributed by atoms with Gasteiger partial charge in [-0.2, -0.15) is 0 Å². The molecule has 0 spiro atoms. The van der Waals surface area contributed by atoms with Crippen LogP contribution in [-0.2, 0) is 11.3 Å². The van der Waals surface area contributed by atoms with Gasteiger partial charge in [-0.3, -0.25) is 19.3 Å². The van der Waals surface area contributed by atoms with Crippen LogP contribution in [0.5, 0.6) is 0 Å². The summed E-state index contributed by atoms with van der Waals surface area (Å²) >= 11 is 6.05. The van der Waals surface area contributed by atoms with E-state index in [4.69, 9.17) is 16.3 Å². The molecule has 8 heteroatoms. The predicted octanol–water partition coefficient (Wildman–Crippen LogP) is 3.53. The van der Waals surface area contributed by atoms with Crippen molar-refractivity contribution in [3.8, 4) is 0 Å². The fourth-order valence-corrected chi connectivity index (χ4v) is 4.02. The first-order valence-electron chi connectivity index (χ1n) is 9.67. The molecule has 1 fully saturated rings. The topological polar surface area (TPSA) is 66.9 Å². The minimum atomic E-state index is -0.498. The molecule has 0 saturated carbocycles. The van der Waals surface area contributed by atoms with E-state index in [1.165, 1.54) is 47.2 Å². The number of fused-ring (bicyclic) bond motifs is 1. The van der Waals surface area contributed by atoms with E-state index in [0.29, 0.717) is 6.61 Å². The number of imide groups is 1. The highest BCUT2D eigenvalue weighted by molar-refractivity contribution is 6.31. The zero-order chi connectivity index (χ0) is 21.4. The number of amides is 3. The van der Waals surface area contributed by atoms with Crippen LogP contribution in [0.25, 0.3) is 0 Å². The first-order chi connectivity index (χ1) is 14.4. The fourth-order valence-electron chi connectivity index (χ4n) is 3.79. The van der Waals surface area contributed by atoms with Crippen molar-refractivity contribution in [1.82, 2.24) is 9.80 Å². The van der Waals surface area contributed by atoms with Crippen molar-refractivity contribution in [2.24, 2.45) is 0 Å². The average molecular weight is 431 g/mol. The quantitative estimate of drug-likeness (QED) is 0.681. The van der Waals surface area contributed by atoms with Gasteiger partial charge in [0.2, 0.25) is 0 Å². The molecule has 0 radical (unpaired) electrons. The van der Waals surface area contributed by atoms with Crippen LogP contribution in [0.3, 0.4) is 0 Å². The minimum Gasteiger partial charge on any atom is -0.376 e. The third kappa shape index (κ3) is 3.70. The summed E-state index contributed by atoms with van der Waals surface area (Å²) in [5.74, 6) is -1.72. The van der Waals surface area contributed by atoms with Crippen molar-refractivity contribution in [2.75, 3.05) is 20.2 Å². The van der Waals surface area contributed by atoms with Gasteiger partial charge < -0.3 is 9.64 Å². The molecule has 2 aliphatic rings. The van der Waals surface area contributed by atoms with Crippen molar-refractivity contribution < 1.29 is 23.5 Å². The van der Waals surface area contributed by atoms with Gasteiger partial charge in [0.05, 0.1) is 23.8 Å². The van der Waals surface area contributed by atoms with Gasteiger partial charge in [0.15, 0.2) is 0 Å². The Balaban J connectivity index is 1.53. The Morgan fingerprint density at radius 2 is 2.00 bits per heavy atom. The summed E-state index contributed by atoms with van der Waals surface area (Å²) < 4.78 is 19.6. The van der Waals surface area contributed by atoms with Gasteiger partial charge in [-0.15, -0.1) is 0 Å². The second-order valence-electron chi connectivity index (χ2n) is 7.48. The Bertz CT molecular complexity index is 1020. The van der Waals surface area contributed by atoms with Crippen molar-refractivity contribution >= 4 is 29.3 Å². The van der Waals surface area contributed by atoms with E-state index in [1.807, 2.05) is 0 Å². The standard InChI is InChI=1S/C22H20ClFN2O4/c1-25(12-17-18(23)5-2-6-19(17)24)20(27)13-7-8-15-16(10-13)22(29)26(21(15)28)11-14-4-3-9-30-14/h2,5-8,10,14H,3-4,9,11-12H2,1H3. The number of halogens is 2. The molecule has 156 valence electrons.